The van der Waals surface area contributed by atoms with Crippen molar-refractivity contribution >= 4 is 27.9 Å². The minimum Gasteiger partial charge on any atom is -1.00 e. The quantitative estimate of drug-likeness (QED) is 0.322. The molecule has 5 nitrogen and oxygen atoms in total. The zero-order valence-corrected chi connectivity index (χ0v) is 12.7. The van der Waals surface area contributed by atoms with Gasteiger partial charge in [-0.2, -0.15) is 0 Å². The number of carboxylic acids is 1. The number of alkyl halides is 1. The molecule has 0 amide bonds. The number of carbonyl (C=O) groups excluding carboxylic acids is 1. The molecule has 1 N–H and O–H groups in total. The Hall–Kier alpha value is -0.140. The van der Waals surface area contributed by atoms with Crippen LogP contribution in [0, 0.1) is 0 Å². The minimum absolute atomic E-state index is 0. The van der Waals surface area contributed by atoms with Crippen LogP contribution in [-0.4, -0.2) is 60.6 Å². The van der Waals surface area contributed by atoms with Crippen LogP contribution in [0.15, 0.2) is 0 Å². The number of likely N-dealkylation sites (N-methyl/N-ethyl adjacent to an activating group) is 1. The van der Waals surface area contributed by atoms with Gasteiger partial charge in [-0.05, 0) is 0 Å². The fraction of sp³-hybridized carbons (Fsp3) is 0.778. The van der Waals surface area contributed by atoms with Crippen molar-refractivity contribution in [2.24, 2.45) is 0 Å². The third-order valence-corrected chi connectivity index (χ3v) is 2.02. The number of hydrogen-bond donors (Lipinski definition) is 1. The molecule has 0 aromatic heterocycles. The number of nitrogens with zero attached hydrogens (tertiary/aromatic N) is 1. The number of rotatable bonds is 6. The predicted molar refractivity (Wildman–Crippen MR) is 58.8 cm³/mol. The van der Waals surface area contributed by atoms with Crippen molar-refractivity contribution in [2.75, 3.05) is 33.0 Å². The Balaban J connectivity index is 0. The molecule has 0 saturated carbocycles. The van der Waals surface area contributed by atoms with Gasteiger partial charge in [-0.25, -0.2) is 0 Å². The summed E-state index contributed by atoms with van der Waals surface area (Å²) in [5.41, 5.74) is 0. The van der Waals surface area contributed by atoms with Crippen LogP contribution in [0.5, 0.6) is 0 Å². The highest BCUT2D eigenvalue weighted by Crippen LogP contribution is 2.06. The third-order valence-electron chi connectivity index (χ3n) is 1.56. The molecule has 0 fully saturated rings. The van der Waals surface area contributed by atoms with Gasteiger partial charge in [-0.1, -0.05) is 15.9 Å². The molecule has 0 rings (SSSR count). The average molecular weight is 363 g/mol. The van der Waals surface area contributed by atoms with Gasteiger partial charge in [0, 0.05) is 0 Å². The summed E-state index contributed by atoms with van der Waals surface area (Å²) in [7, 11) is 5.74. The maximum absolute atomic E-state index is 11.0. The molecular formula is C9H17Br2NO4. The van der Waals surface area contributed by atoms with Gasteiger partial charge >= 0.3 is 11.9 Å². The Kier molecular flexibility index (Phi) is 9.14. The van der Waals surface area contributed by atoms with Gasteiger partial charge in [0.25, 0.3) is 0 Å². The Labute approximate surface area is 114 Å². The Morgan fingerprint density at radius 3 is 2.19 bits per heavy atom. The van der Waals surface area contributed by atoms with Crippen molar-refractivity contribution in [3.8, 4) is 0 Å². The second-order valence-electron chi connectivity index (χ2n) is 4.32. The third kappa shape index (κ3) is 10.4. The van der Waals surface area contributed by atoms with E-state index in [0.717, 1.165) is 0 Å². The summed E-state index contributed by atoms with van der Waals surface area (Å²) < 4.78 is 5.55. The van der Waals surface area contributed by atoms with E-state index >= 15 is 0 Å². The van der Waals surface area contributed by atoms with E-state index in [1.807, 2.05) is 21.1 Å². The van der Waals surface area contributed by atoms with Crippen molar-refractivity contribution in [3.63, 3.8) is 0 Å². The molecular weight excluding hydrogens is 346 g/mol. The van der Waals surface area contributed by atoms with Gasteiger partial charge in [-0.3, -0.25) is 9.59 Å². The molecule has 0 radical (unpaired) electrons. The average Bonchev–Trinajstić information content (AvgIpc) is 1.99. The van der Waals surface area contributed by atoms with Crippen LogP contribution in [0.25, 0.3) is 0 Å². The molecule has 0 aromatic carbocycles. The summed E-state index contributed by atoms with van der Waals surface area (Å²) in [5.74, 6) is -1.40. The van der Waals surface area contributed by atoms with E-state index in [1.165, 1.54) is 0 Å². The maximum Gasteiger partial charge on any atom is 0.317 e. The van der Waals surface area contributed by atoms with E-state index < -0.39 is 18.0 Å². The number of halogens is 2. The van der Waals surface area contributed by atoms with Crippen LogP contribution in [0.3, 0.4) is 0 Å². The molecule has 0 bridgehead atoms. The largest absolute Gasteiger partial charge is 1.00 e. The number of carboxylic acid groups (broad SMARTS) is 1. The molecule has 0 saturated heterocycles. The number of quaternary nitrogens is 1. The zero-order chi connectivity index (χ0) is 12.1. The molecule has 0 aliphatic heterocycles. The molecule has 0 aromatic rings. The maximum atomic E-state index is 11.0. The molecule has 7 heteroatoms. The van der Waals surface area contributed by atoms with Crippen molar-refractivity contribution in [1.29, 1.82) is 0 Å². The zero-order valence-electron chi connectivity index (χ0n) is 9.57. The number of aliphatic carboxylic acids is 1. The normalized spacial score (nSPS) is 12.5. The summed E-state index contributed by atoms with van der Waals surface area (Å²) in [6.07, 6.45) is -0.735. The second kappa shape index (κ2) is 8.03. The van der Waals surface area contributed by atoms with E-state index in [1.54, 1.807) is 0 Å². The number of esters is 1. The van der Waals surface area contributed by atoms with Crippen molar-refractivity contribution in [1.82, 2.24) is 0 Å². The van der Waals surface area contributed by atoms with E-state index in [9.17, 15) is 9.59 Å². The number of hydrogen-bond acceptors (Lipinski definition) is 3. The summed E-state index contributed by atoms with van der Waals surface area (Å²) in [4.78, 5) is 21.6. The molecule has 0 aliphatic carbocycles. The Bertz CT molecular complexity index is 240. The highest BCUT2D eigenvalue weighted by Gasteiger charge is 2.24. The minimum atomic E-state index is -0.962. The predicted octanol–water partition coefficient (Wildman–Crippen LogP) is -2.52. The molecule has 1 unspecified atom stereocenters. The van der Waals surface area contributed by atoms with E-state index in [4.69, 9.17) is 9.84 Å². The lowest BCUT2D eigenvalue weighted by Crippen LogP contribution is -3.00. The fourth-order valence-corrected chi connectivity index (χ4v) is 1.30. The van der Waals surface area contributed by atoms with Crippen molar-refractivity contribution in [3.05, 3.63) is 0 Å². The molecule has 0 spiro atoms. The van der Waals surface area contributed by atoms with E-state index in [0.29, 0.717) is 11.0 Å². The van der Waals surface area contributed by atoms with Crippen LogP contribution < -0.4 is 17.0 Å². The summed E-state index contributed by atoms with van der Waals surface area (Å²) in [6.45, 7) is 0.477. The van der Waals surface area contributed by atoms with Gasteiger partial charge in [0.1, 0.15) is 11.9 Å². The van der Waals surface area contributed by atoms with Gasteiger partial charge in [0.05, 0.1) is 27.6 Å². The van der Waals surface area contributed by atoms with Crippen LogP contribution in [0.2, 0.25) is 0 Å². The monoisotopic (exact) mass is 361 g/mol. The van der Waals surface area contributed by atoms with Gasteiger partial charge in [0.2, 0.25) is 0 Å². The first kappa shape index (κ1) is 18.2. The standard InChI is InChI=1S/C9H16BrNO4.BrH/c1-11(2,3)6-7(4-8(12)13)15-9(14)5-10;/h7H,4-6H2,1-3H3;1H. The summed E-state index contributed by atoms with van der Waals surface area (Å²) >= 11 is 2.96. The van der Waals surface area contributed by atoms with Crippen LogP contribution in [-0.2, 0) is 14.3 Å². The molecule has 16 heavy (non-hydrogen) atoms. The second-order valence-corrected chi connectivity index (χ2v) is 4.88. The van der Waals surface area contributed by atoms with Gasteiger partial charge < -0.3 is 31.3 Å². The van der Waals surface area contributed by atoms with Crippen molar-refractivity contribution < 1.29 is 40.9 Å². The van der Waals surface area contributed by atoms with Crippen LogP contribution >= 0.6 is 15.9 Å². The Morgan fingerprint density at radius 1 is 1.38 bits per heavy atom. The van der Waals surface area contributed by atoms with Gasteiger partial charge in [0.15, 0.2) is 6.10 Å². The highest BCUT2D eigenvalue weighted by atomic mass is 79.9. The van der Waals surface area contributed by atoms with Gasteiger partial charge in [-0.15, -0.1) is 0 Å². The first-order valence-corrected chi connectivity index (χ1v) is 5.64. The van der Waals surface area contributed by atoms with Crippen molar-refractivity contribution in [2.45, 2.75) is 12.5 Å². The van der Waals surface area contributed by atoms with E-state index in [2.05, 4.69) is 15.9 Å². The lowest BCUT2D eigenvalue weighted by atomic mass is 10.2. The smallest absolute Gasteiger partial charge is 0.317 e. The first-order chi connectivity index (χ1) is 6.74. The topological polar surface area (TPSA) is 63.6 Å². The molecule has 1 atom stereocenters. The van der Waals surface area contributed by atoms with Crippen LogP contribution in [0.1, 0.15) is 6.42 Å². The van der Waals surface area contributed by atoms with E-state index in [-0.39, 0.29) is 28.7 Å². The number of carbonyl (C=O) groups is 2. The summed E-state index contributed by atoms with van der Waals surface area (Å²) in [6, 6.07) is 0. The van der Waals surface area contributed by atoms with Crippen LogP contribution in [0.4, 0.5) is 0 Å². The Morgan fingerprint density at radius 2 is 1.88 bits per heavy atom. The lowest BCUT2D eigenvalue weighted by molar-refractivity contribution is -0.873. The number of ether oxygens (including phenoxy) is 1. The molecule has 0 aliphatic rings. The lowest BCUT2D eigenvalue weighted by Gasteiger charge is -2.28. The SMILES string of the molecule is C[N+](C)(C)CC(CC(=O)O)OC(=O)CBr.[Br-]. The fourth-order valence-electron chi connectivity index (χ4n) is 1.17. The first-order valence-electron chi connectivity index (χ1n) is 4.52. The molecule has 0 heterocycles. The summed E-state index contributed by atoms with van der Waals surface area (Å²) in [5, 5.41) is 8.74. The highest BCUT2D eigenvalue weighted by molar-refractivity contribution is 9.09. The molecule has 96 valence electrons.